The number of fused-ring (bicyclic) bond motifs is 1. The van der Waals surface area contributed by atoms with Crippen molar-refractivity contribution < 1.29 is 0 Å². The molecule has 0 spiro atoms. The van der Waals surface area contributed by atoms with E-state index in [0.717, 1.165) is 21.5 Å². The van der Waals surface area contributed by atoms with Crippen LogP contribution in [-0.2, 0) is 0 Å². The largest absolute Gasteiger partial charge is 0.256 e. The quantitative estimate of drug-likeness (QED) is 0.630. The predicted molar refractivity (Wildman–Crippen MR) is 62.8 cm³/mol. The normalized spacial score (nSPS) is 9.43. The van der Waals surface area contributed by atoms with Crippen molar-refractivity contribution in [2.75, 3.05) is 0 Å². The summed E-state index contributed by atoms with van der Waals surface area (Å²) in [5.74, 6) is 0. The number of halogens is 1. The van der Waals surface area contributed by atoms with Crippen LogP contribution in [0.1, 0.15) is 19.4 Å². The highest BCUT2D eigenvalue weighted by molar-refractivity contribution is 6.35. The Kier molecular flexibility index (Phi) is 3.90. The van der Waals surface area contributed by atoms with Crippen molar-refractivity contribution in [1.29, 1.82) is 0 Å². The van der Waals surface area contributed by atoms with Crippen LogP contribution in [0.4, 0.5) is 0 Å². The zero-order valence-corrected chi connectivity index (χ0v) is 9.47. The fourth-order valence-electron chi connectivity index (χ4n) is 1.28. The molecule has 0 saturated carbocycles. The van der Waals surface area contributed by atoms with Crippen LogP contribution in [0.2, 0.25) is 5.02 Å². The molecule has 0 atom stereocenters. The number of pyridine rings is 1. The summed E-state index contributed by atoms with van der Waals surface area (Å²) in [7, 11) is 0. The van der Waals surface area contributed by atoms with Crippen molar-refractivity contribution in [3.63, 3.8) is 0 Å². The molecule has 0 amide bonds. The number of nitrogens with zero attached hydrogens (tertiary/aromatic N) is 1. The van der Waals surface area contributed by atoms with E-state index in [1.807, 2.05) is 45.0 Å². The van der Waals surface area contributed by atoms with E-state index in [4.69, 9.17) is 11.6 Å². The summed E-state index contributed by atoms with van der Waals surface area (Å²) in [6, 6.07) is 7.77. The third kappa shape index (κ3) is 2.05. The Morgan fingerprint density at radius 3 is 2.50 bits per heavy atom. The highest BCUT2D eigenvalue weighted by atomic mass is 35.5. The second-order valence-corrected chi connectivity index (χ2v) is 3.17. The first-order valence-corrected chi connectivity index (χ1v) is 5.16. The van der Waals surface area contributed by atoms with E-state index in [0.29, 0.717) is 0 Å². The van der Waals surface area contributed by atoms with Gasteiger partial charge in [-0.15, -0.1) is 0 Å². The SMILES string of the molecule is CC.Cc1ccc(Cl)c2cccnc12. The number of benzene rings is 1. The van der Waals surface area contributed by atoms with Crippen molar-refractivity contribution >= 4 is 22.5 Å². The van der Waals surface area contributed by atoms with Crippen LogP contribution in [0.5, 0.6) is 0 Å². The summed E-state index contributed by atoms with van der Waals surface area (Å²) >= 11 is 5.99. The van der Waals surface area contributed by atoms with E-state index in [-0.39, 0.29) is 0 Å². The summed E-state index contributed by atoms with van der Waals surface area (Å²) in [6.45, 7) is 6.03. The third-order valence-electron chi connectivity index (χ3n) is 1.92. The van der Waals surface area contributed by atoms with Crippen LogP contribution < -0.4 is 0 Å². The third-order valence-corrected chi connectivity index (χ3v) is 2.25. The average Bonchev–Trinajstić information content (AvgIpc) is 2.27. The van der Waals surface area contributed by atoms with Gasteiger partial charge in [0.1, 0.15) is 0 Å². The first kappa shape index (κ1) is 11.0. The Hall–Kier alpha value is -1.08. The second kappa shape index (κ2) is 4.97. The van der Waals surface area contributed by atoms with E-state index in [1.165, 1.54) is 0 Å². The number of rotatable bonds is 0. The number of hydrogen-bond acceptors (Lipinski definition) is 1. The lowest BCUT2D eigenvalue weighted by atomic mass is 10.1. The minimum Gasteiger partial charge on any atom is -0.256 e. The summed E-state index contributed by atoms with van der Waals surface area (Å²) in [4.78, 5) is 4.26. The summed E-state index contributed by atoms with van der Waals surface area (Å²) in [6.07, 6.45) is 1.78. The molecule has 0 unspecified atom stereocenters. The van der Waals surface area contributed by atoms with Gasteiger partial charge in [-0.2, -0.15) is 0 Å². The molecule has 0 fully saturated rings. The maximum atomic E-state index is 5.99. The predicted octanol–water partition coefficient (Wildman–Crippen LogP) is 4.22. The summed E-state index contributed by atoms with van der Waals surface area (Å²) in [5.41, 5.74) is 2.15. The summed E-state index contributed by atoms with van der Waals surface area (Å²) < 4.78 is 0. The van der Waals surface area contributed by atoms with Gasteiger partial charge in [-0.1, -0.05) is 31.5 Å². The van der Waals surface area contributed by atoms with Crippen LogP contribution in [0, 0.1) is 6.92 Å². The first-order chi connectivity index (χ1) is 6.79. The Balaban J connectivity index is 0.000000461. The van der Waals surface area contributed by atoms with Crippen molar-refractivity contribution in [2.45, 2.75) is 20.8 Å². The van der Waals surface area contributed by atoms with Gasteiger partial charge in [-0.25, -0.2) is 0 Å². The molecule has 14 heavy (non-hydrogen) atoms. The van der Waals surface area contributed by atoms with Crippen molar-refractivity contribution in [1.82, 2.24) is 4.98 Å². The van der Waals surface area contributed by atoms with Gasteiger partial charge in [0.15, 0.2) is 0 Å². The smallest absolute Gasteiger partial charge is 0.0746 e. The molecular formula is C12H14ClN. The maximum absolute atomic E-state index is 5.99. The molecule has 1 nitrogen and oxygen atoms in total. The van der Waals surface area contributed by atoms with Crippen molar-refractivity contribution in [3.8, 4) is 0 Å². The highest BCUT2D eigenvalue weighted by Crippen LogP contribution is 2.23. The zero-order valence-electron chi connectivity index (χ0n) is 8.71. The molecule has 0 radical (unpaired) electrons. The number of aryl methyl sites for hydroxylation is 1. The minimum atomic E-state index is 0.767. The lowest BCUT2D eigenvalue weighted by Gasteiger charge is -2.01. The molecule has 1 heterocycles. The Labute approximate surface area is 89.7 Å². The number of hydrogen-bond donors (Lipinski definition) is 0. The molecule has 2 heteroatoms. The van der Waals surface area contributed by atoms with Gasteiger partial charge in [-0.05, 0) is 30.7 Å². The van der Waals surface area contributed by atoms with Crippen LogP contribution >= 0.6 is 11.6 Å². The van der Waals surface area contributed by atoms with E-state index < -0.39 is 0 Å². The fraction of sp³-hybridized carbons (Fsp3) is 0.250. The molecule has 0 bridgehead atoms. The Morgan fingerprint density at radius 1 is 1.14 bits per heavy atom. The van der Waals surface area contributed by atoms with Gasteiger partial charge in [0.25, 0.3) is 0 Å². The van der Waals surface area contributed by atoms with E-state index in [1.54, 1.807) is 6.20 Å². The Morgan fingerprint density at radius 2 is 1.86 bits per heavy atom. The summed E-state index contributed by atoms with van der Waals surface area (Å²) in [5, 5.41) is 1.79. The average molecular weight is 208 g/mol. The highest BCUT2D eigenvalue weighted by Gasteiger charge is 2.00. The lowest BCUT2D eigenvalue weighted by Crippen LogP contribution is -1.82. The lowest BCUT2D eigenvalue weighted by molar-refractivity contribution is 1.37. The molecule has 2 rings (SSSR count). The van der Waals surface area contributed by atoms with Crippen LogP contribution in [0.15, 0.2) is 30.5 Å². The second-order valence-electron chi connectivity index (χ2n) is 2.76. The maximum Gasteiger partial charge on any atom is 0.0746 e. The fourth-order valence-corrected chi connectivity index (χ4v) is 1.49. The zero-order chi connectivity index (χ0) is 10.6. The van der Waals surface area contributed by atoms with Crippen LogP contribution in [-0.4, -0.2) is 4.98 Å². The molecule has 1 aromatic heterocycles. The van der Waals surface area contributed by atoms with Gasteiger partial charge in [-0.3, -0.25) is 4.98 Å². The Bertz CT molecular complexity index is 383. The number of aromatic nitrogens is 1. The van der Waals surface area contributed by atoms with Gasteiger partial charge < -0.3 is 0 Å². The van der Waals surface area contributed by atoms with Crippen molar-refractivity contribution in [2.24, 2.45) is 0 Å². The molecule has 0 aliphatic carbocycles. The molecule has 0 aliphatic rings. The van der Waals surface area contributed by atoms with E-state index in [2.05, 4.69) is 4.98 Å². The molecule has 74 valence electrons. The van der Waals surface area contributed by atoms with Gasteiger partial charge >= 0.3 is 0 Å². The molecule has 1 aromatic carbocycles. The topological polar surface area (TPSA) is 12.9 Å². The van der Waals surface area contributed by atoms with E-state index in [9.17, 15) is 0 Å². The van der Waals surface area contributed by atoms with Gasteiger partial charge in [0.05, 0.1) is 5.52 Å². The molecule has 0 aliphatic heterocycles. The molecule has 0 N–H and O–H groups in total. The minimum absolute atomic E-state index is 0.767. The van der Waals surface area contributed by atoms with Crippen LogP contribution in [0.3, 0.4) is 0 Å². The monoisotopic (exact) mass is 207 g/mol. The van der Waals surface area contributed by atoms with E-state index >= 15 is 0 Å². The first-order valence-electron chi connectivity index (χ1n) is 4.79. The molecule has 0 saturated heterocycles. The van der Waals surface area contributed by atoms with Gasteiger partial charge in [0, 0.05) is 16.6 Å². The van der Waals surface area contributed by atoms with Gasteiger partial charge in [0.2, 0.25) is 0 Å². The standard InChI is InChI=1S/C10H8ClN.C2H6/c1-7-4-5-9(11)8-3-2-6-12-10(7)8;1-2/h2-6H,1H3;1-2H3. The van der Waals surface area contributed by atoms with Crippen LogP contribution in [0.25, 0.3) is 10.9 Å². The molecular weight excluding hydrogens is 194 g/mol. The van der Waals surface area contributed by atoms with Crippen molar-refractivity contribution in [3.05, 3.63) is 41.0 Å². The molecule has 2 aromatic rings.